The molecule has 0 atom stereocenters. The number of hydrogen-bond acceptors (Lipinski definition) is 2. The quantitative estimate of drug-likeness (QED) is 0.775. The summed E-state index contributed by atoms with van der Waals surface area (Å²) >= 11 is 5.73. The maximum atomic E-state index is 10.3. The molecule has 1 aromatic carbocycles. The smallest absolute Gasteiger partial charge is 0.328 e. The number of carboxylic acids is 1. The zero-order valence-electron chi connectivity index (χ0n) is 8.33. The van der Waals surface area contributed by atoms with Crippen LogP contribution >= 0.6 is 11.6 Å². The molecular formula is C11H12ClNO2. The lowest BCUT2D eigenvalue weighted by Gasteiger charge is -2.05. The highest BCUT2D eigenvalue weighted by molar-refractivity contribution is 6.30. The number of benzene rings is 1. The lowest BCUT2D eigenvalue weighted by atomic mass is 10.2. The molecule has 1 rings (SSSR count). The van der Waals surface area contributed by atoms with Crippen molar-refractivity contribution < 1.29 is 9.90 Å². The predicted molar refractivity (Wildman–Crippen MR) is 61.3 cm³/mol. The highest BCUT2D eigenvalue weighted by atomic mass is 35.5. The molecule has 0 saturated heterocycles. The molecule has 0 amide bonds. The monoisotopic (exact) mass is 225 g/mol. The van der Waals surface area contributed by atoms with Gasteiger partial charge in [-0.1, -0.05) is 11.6 Å². The Kier molecular flexibility index (Phi) is 4.18. The molecule has 1 aromatic rings. The van der Waals surface area contributed by atoms with Crippen LogP contribution in [0.5, 0.6) is 0 Å². The molecular weight excluding hydrogens is 214 g/mol. The van der Waals surface area contributed by atoms with Crippen LogP contribution in [0.2, 0.25) is 5.02 Å². The van der Waals surface area contributed by atoms with Crippen molar-refractivity contribution in [3.63, 3.8) is 0 Å². The zero-order valence-corrected chi connectivity index (χ0v) is 9.08. The fraction of sp³-hybridized carbons (Fsp3) is 0.182. The Morgan fingerprint density at radius 1 is 1.47 bits per heavy atom. The average molecular weight is 226 g/mol. The summed E-state index contributed by atoms with van der Waals surface area (Å²) < 4.78 is 0. The number of carboxylic acid groups (broad SMARTS) is 1. The van der Waals surface area contributed by atoms with E-state index in [0.29, 0.717) is 11.6 Å². The van der Waals surface area contributed by atoms with E-state index >= 15 is 0 Å². The van der Waals surface area contributed by atoms with Gasteiger partial charge in [0.15, 0.2) is 0 Å². The number of anilines is 1. The average Bonchev–Trinajstić information content (AvgIpc) is 2.16. The van der Waals surface area contributed by atoms with Gasteiger partial charge in [-0.3, -0.25) is 0 Å². The topological polar surface area (TPSA) is 49.3 Å². The van der Waals surface area contributed by atoms with Crippen molar-refractivity contribution in [1.82, 2.24) is 0 Å². The van der Waals surface area contributed by atoms with E-state index in [0.717, 1.165) is 11.3 Å². The van der Waals surface area contributed by atoms with Gasteiger partial charge >= 0.3 is 5.97 Å². The summed E-state index contributed by atoms with van der Waals surface area (Å²) in [5.41, 5.74) is 1.68. The minimum absolute atomic E-state index is 0.508. The molecule has 3 nitrogen and oxygen atoms in total. The van der Waals surface area contributed by atoms with Crippen molar-refractivity contribution in [3.8, 4) is 0 Å². The van der Waals surface area contributed by atoms with Gasteiger partial charge in [-0.25, -0.2) is 4.79 Å². The second-order valence-corrected chi connectivity index (χ2v) is 3.63. The molecule has 15 heavy (non-hydrogen) atoms. The molecule has 0 aliphatic rings. The molecule has 0 bridgehead atoms. The van der Waals surface area contributed by atoms with E-state index in [1.54, 1.807) is 19.1 Å². The van der Waals surface area contributed by atoms with Gasteiger partial charge in [0.05, 0.1) is 0 Å². The van der Waals surface area contributed by atoms with E-state index in [2.05, 4.69) is 5.32 Å². The molecule has 4 heteroatoms. The summed E-state index contributed by atoms with van der Waals surface area (Å²) in [7, 11) is 0. The molecule has 0 unspecified atom stereocenters. The molecule has 0 heterocycles. The van der Waals surface area contributed by atoms with E-state index < -0.39 is 5.97 Å². The first-order valence-electron chi connectivity index (χ1n) is 4.47. The van der Waals surface area contributed by atoms with Gasteiger partial charge in [-0.15, -0.1) is 0 Å². The lowest BCUT2D eigenvalue weighted by Crippen LogP contribution is -2.04. The van der Waals surface area contributed by atoms with Crippen LogP contribution in [0, 0.1) is 0 Å². The van der Waals surface area contributed by atoms with Crippen LogP contribution in [0.25, 0.3) is 0 Å². The van der Waals surface area contributed by atoms with Crippen LogP contribution in [-0.4, -0.2) is 17.6 Å². The first-order chi connectivity index (χ1) is 7.08. The van der Waals surface area contributed by atoms with E-state index in [9.17, 15) is 4.79 Å². The molecule has 0 saturated carbocycles. The summed E-state index contributed by atoms with van der Waals surface area (Å²) in [6.07, 6.45) is 1.18. The van der Waals surface area contributed by atoms with Crippen LogP contribution in [0.1, 0.15) is 6.92 Å². The van der Waals surface area contributed by atoms with Gasteiger partial charge in [0.2, 0.25) is 0 Å². The first kappa shape index (κ1) is 11.6. The van der Waals surface area contributed by atoms with E-state index in [1.165, 1.54) is 6.08 Å². The van der Waals surface area contributed by atoms with Crippen molar-refractivity contribution in [2.75, 3.05) is 11.9 Å². The third-order valence-electron chi connectivity index (χ3n) is 1.79. The zero-order chi connectivity index (χ0) is 11.3. The van der Waals surface area contributed by atoms with Gasteiger partial charge < -0.3 is 10.4 Å². The standard InChI is InChI=1S/C11H12ClNO2/c1-8(6-11(14)15)7-13-10-4-2-9(12)3-5-10/h2-6,13H,7H2,1H3,(H,14,15)/b8-6-. The molecule has 0 radical (unpaired) electrons. The second-order valence-electron chi connectivity index (χ2n) is 3.19. The van der Waals surface area contributed by atoms with Crippen molar-refractivity contribution in [3.05, 3.63) is 40.9 Å². The third kappa shape index (κ3) is 4.51. The lowest BCUT2D eigenvalue weighted by molar-refractivity contribution is -0.131. The minimum atomic E-state index is -0.926. The van der Waals surface area contributed by atoms with Gasteiger partial charge in [-0.2, -0.15) is 0 Å². The van der Waals surface area contributed by atoms with Crippen LogP contribution in [-0.2, 0) is 4.79 Å². The minimum Gasteiger partial charge on any atom is -0.478 e. The Morgan fingerprint density at radius 3 is 2.60 bits per heavy atom. The Labute approximate surface area is 93.4 Å². The predicted octanol–water partition coefficient (Wildman–Crippen LogP) is 2.78. The Morgan fingerprint density at radius 2 is 2.07 bits per heavy atom. The number of rotatable bonds is 4. The van der Waals surface area contributed by atoms with Gasteiger partial charge in [0, 0.05) is 23.3 Å². The van der Waals surface area contributed by atoms with Crippen molar-refractivity contribution >= 4 is 23.3 Å². The molecule has 2 N–H and O–H groups in total. The van der Waals surface area contributed by atoms with Crippen LogP contribution in [0.4, 0.5) is 5.69 Å². The Bertz CT molecular complexity index is 371. The summed E-state index contributed by atoms with van der Waals surface area (Å²) in [5.74, 6) is -0.926. The maximum absolute atomic E-state index is 10.3. The summed E-state index contributed by atoms with van der Waals surface area (Å²) in [6.45, 7) is 2.27. The Hall–Kier alpha value is -1.48. The van der Waals surface area contributed by atoms with Crippen LogP contribution in [0.3, 0.4) is 0 Å². The molecule has 80 valence electrons. The summed E-state index contributed by atoms with van der Waals surface area (Å²) in [5, 5.41) is 12.3. The van der Waals surface area contributed by atoms with Crippen molar-refractivity contribution in [1.29, 1.82) is 0 Å². The van der Waals surface area contributed by atoms with Crippen LogP contribution < -0.4 is 5.32 Å². The second kappa shape index (κ2) is 5.41. The summed E-state index contributed by atoms with van der Waals surface area (Å²) in [4.78, 5) is 10.3. The highest BCUT2D eigenvalue weighted by Gasteiger charge is 1.95. The number of hydrogen-bond donors (Lipinski definition) is 2. The number of nitrogens with one attached hydrogen (secondary N) is 1. The van der Waals surface area contributed by atoms with E-state index in [4.69, 9.17) is 16.7 Å². The number of halogens is 1. The Balaban J connectivity index is 2.50. The first-order valence-corrected chi connectivity index (χ1v) is 4.85. The van der Waals surface area contributed by atoms with E-state index in [-0.39, 0.29) is 0 Å². The van der Waals surface area contributed by atoms with Crippen molar-refractivity contribution in [2.45, 2.75) is 6.92 Å². The van der Waals surface area contributed by atoms with Crippen LogP contribution in [0.15, 0.2) is 35.9 Å². The molecule has 0 spiro atoms. The van der Waals surface area contributed by atoms with E-state index in [1.807, 2.05) is 12.1 Å². The maximum Gasteiger partial charge on any atom is 0.328 e. The molecule has 0 aliphatic heterocycles. The SMILES string of the molecule is C/C(=C/C(=O)O)CNc1ccc(Cl)cc1. The van der Waals surface area contributed by atoms with Gasteiger partial charge in [0.1, 0.15) is 0 Å². The largest absolute Gasteiger partial charge is 0.478 e. The molecule has 0 aromatic heterocycles. The molecule has 0 aliphatic carbocycles. The fourth-order valence-corrected chi connectivity index (χ4v) is 1.20. The normalized spacial score (nSPS) is 11.2. The van der Waals surface area contributed by atoms with Gasteiger partial charge in [0.25, 0.3) is 0 Å². The fourth-order valence-electron chi connectivity index (χ4n) is 1.07. The highest BCUT2D eigenvalue weighted by Crippen LogP contribution is 2.13. The summed E-state index contributed by atoms with van der Waals surface area (Å²) in [6, 6.07) is 7.24. The molecule has 0 fully saturated rings. The van der Waals surface area contributed by atoms with Crippen molar-refractivity contribution in [2.24, 2.45) is 0 Å². The number of carbonyl (C=O) groups is 1. The van der Waals surface area contributed by atoms with Gasteiger partial charge in [-0.05, 0) is 36.8 Å². The number of aliphatic carboxylic acids is 1. The third-order valence-corrected chi connectivity index (χ3v) is 2.04.